The maximum atomic E-state index is 12.3. The Morgan fingerprint density at radius 3 is 2.23 bits per heavy atom. The van der Waals surface area contributed by atoms with Gasteiger partial charge >= 0.3 is 6.36 Å². The van der Waals surface area contributed by atoms with E-state index in [4.69, 9.17) is 4.74 Å². The number of hydrogen-bond acceptors (Lipinski definition) is 5. The zero-order valence-electron chi connectivity index (χ0n) is 16.9. The Kier molecular flexibility index (Phi) is 6.60. The van der Waals surface area contributed by atoms with Gasteiger partial charge in [0.2, 0.25) is 0 Å². The van der Waals surface area contributed by atoms with Crippen molar-refractivity contribution in [2.75, 3.05) is 52.5 Å². The predicted molar refractivity (Wildman–Crippen MR) is 106 cm³/mol. The van der Waals surface area contributed by atoms with E-state index in [9.17, 15) is 13.2 Å². The molecule has 2 aliphatic heterocycles. The van der Waals surface area contributed by atoms with Crippen molar-refractivity contribution in [1.29, 1.82) is 0 Å². The summed E-state index contributed by atoms with van der Waals surface area (Å²) in [5.41, 5.74) is 1.89. The lowest BCUT2D eigenvalue weighted by molar-refractivity contribution is -0.274. The Balaban J connectivity index is 1.27. The van der Waals surface area contributed by atoms with E-state index in [1.807, 2.05) is 12.4 Å². The normalized spacial score (nSPS) is 19.8. The van der Waals surface area contributed by atoms with Crippen LogP contribution in [0.3, 0.4) is 0 Å². The predicted octanol–water partition coefficient (Wildman–Crippen LogP) is 3.28. The first-order valence-corrected chi connectivity index (χ1v) is 10.4. The summed E-state index contributed by atoms with van der Waals surface area (Å²) in [6, 6.07) is 5.76. The van der Waals surface area contributed by atoms with Gasteiger partial charge in [-0.1, -0.05) is 0 Å². The van der Waals surface area contributed by atoms with Crippen LogP contribution in [0.15, 0.2) is 36.7 Å². The average Bonchev–Trinajstić information content (AvgIpc) is 3.23. The molecule has 0 spiro atoms. The molecule has 6 nitrogen and oxygen atoms in total. The first-order chi connectivity index (χ1) is 14.5. The molecule has 0 unspecified atom stereocenters. The molecular weight excluding hydrogens is 397 g/mol. The Bertz CT molecular complexity index is 795. The van der Waals surface area contributed by atoms with Gasteiger partial charge in [0, 0.05) is 32.4 Å². The zero-order chi connectivity index (χ0) is 21.0. The maximum absolute atomic E-state index is 12.3. The number of morpholine rings is 1. The molecule has 1 aromatic heterocycles. The minimum Gasteiger partial charge on any atom is -0.406 e. The second-order valence-corrected chi connectivity index (χ2v) is 7.83. The molecule has 0 amide bonds. The van der Waals surface area contributed by atoms with Crippen LogP contribution in [0.5, 0.6) is 5.75 Å². The highest BCUT2D eigenvalue weighted by Gasteiger charge is 2.31. The number of aromatic nitrogens is 2. The first-order valence-electron chi connectivity index (χ1n) is 10.4. The SMILES string of the molecule is FC(F)(F)Oc1ccc(-n2cc(C3CCN(CCN4CCOCC4)CC3)cn2)cc1. The van der Waals surface area contributed by atoms with Crippen molar-refractivity contribution in [2.45, 2.75) is 25.1 Å². The van der Waals surface area contributed by atoms with Crippen LogP contribution in [0.4, 0.5) is 13.2 Å². The monoisotopic (exact) mass is 424 g/mol. The first kappa shape index (κ1) is 21.1. The van der Waals surface area contributed by atoms with Crippen molar-refractivity contribution >= 4 is 0 Å². The molecule has 30 heavy (non-hydrogen) atoms. The van der Waals surface area contributed by atoms with E-state index < -0.39 is 6.36 Å². The number of rotatable bonds is 6. The smallest absolute Gasteiger partial charge is 0.406 e. The fraction of sp³-hybridized carbons (Fsp3) is 0.571. The highest BCUT2D eigenvalue weighted by Crippen LogP contribution is 2.29. The number of hydrogen-bond donors (Lipinski definition) is 0. The molecule has 164 valence electrons. The van der Waals surface area contributed by atoms with E-state index in [2.05, 4.69) is 19.6 Å². The van der Waals surface area contributed by atoms with Gasteiger partial charge in [0.25, 0.3) is 0 Å². The van der Waals surface area contributed by atoms with Gasteiger partial charge in [0.15, 0.2) is 0 Å². The second-order valence-electron chi connectivity index (χ2n) is 7.83. The zero-order valence-corrected chi connectivity index (χ0v) is 16.9. The molecular formula is C21H27F3N4O2. The lowest BCUT2D eigenvalue weighted by atomic mass is 9.91. The second kappa shape index (κ2) is 9.36. The van der Waals surface area contributed by atoms with Gasteiger partial charge in [-0.3, -0.25) is 4.90 Å². The van der Waals surface area contributed by atoms with Gasteiger partial charge in [0.1, 0.15) is 5.75 Å². The van der Waals surface area contributed by atoms with Crippen molar-refractivity contribution in [1.82, 2.24) is 19.6 Å². The summed E-state index contributed by atoms with van der Waals surface area (Å²) in [7, 11) is 0. The molecule has 0 atom stereocenters. The third-order valence-electron chi connectivity index (χ3n) is 5.83. The highest BCUT2D eigenvalue weighted by atomic mass is 19.4. The van der Waals surface area contributed by atoms with Gasteiger partial charge in [-0.25, -0.2) is 4.68 Å². The van der Waals surface area contributed by atoms with E-state index in [0.717, 1.165) is 65.3 Å². The molecule has 0 bridgehead atoms. The lowest BCUT2D eigenvalue weighted by Gasteiger charge is -2.34. The van der Waals surface area contributed by atoms with Crippen LogP contribution in [-0.2, 0) is 4.74 Å². The van der Waals surface area contributed by atoms with Crippen LogP contribution in [0.25, 0.3) is 5.69 Å². The van der Waals surface area contributed by atoms with Gasteiger partial charge in [0.05, 0.1) is 25.1 Å². The van der Waals surface area contributed by atoms with Crippen LogP contribution in [0.2, 0.25) is 0 Å². The van der Waals surface area contributed by atoms with E-state index in [0.29, 0.717) is 11.6 Å². The van der Waals surface area contributed by atoms with E-state index in [1.54, 1.807) is 16.8 Å². The van der Waals surface area contributed by atoms with Crippen molar-refractivity contribution < 1.29 is 22.6 Å². The molecule has 0 radical (unpaired) electrons. The molecule has 2 fully saturated rings. The minimum atomic E-state index is -4.68. The quantitative estimate of drug-likeness (QED) is 0.712. The topological polar surface area (TPSA) is 42.8 Å². The number of nitrogens with zero attached hydrogens (tertiary/aromatic N) is 4. The molecule has 9 heteroatoms. The number of likely N-dealkylation sites (tertiary alicyclic amines) is 1. The number of alkyl halides is 3. The van der Waals surface area contributed by atoms with Crippen LogP contribution < -0.4 is 4.74 Å². The van der Waals surface area contributed by atoms with E-state index >= 15 is 0 Å². The van der Waals surface area contributed by atoms with Crippen LogP contribution in [0, 0.1) is 0 Å². The fourth-order valence-electron chi connectivity index (χ4n) is 4.09. The molecule has 0 aliphatic carbocycles. The van der Waals surface area contributed by atoms with E-state index in [-0.39, 0.29) is 5.75 Å². The maximum Gasteiger partial charge on any atom is 0.573 e. The fourth-order valence-corrected chi connectivity index (χ4v) is 4.09. The Morgan fingerprint density at radius 2 is 1.60 bits per heavy atom. The Labute approximate surface area is 174 Å². The van der Waals surface area contributed by atoms with Crippen LogP contribution in [-0.4, -0.2) is 78.4 Å². The van der Waals surface area contributed by atoms with E-state index in [1.165, 1.54) is 17.7 Å². The van der Waals surface area contributed by atoms with Gasteiger partial charge in [-0.15, -0.1) is 13.2 Å². The van der Waals surface area contributed by atoms with Crippen molar-refractivity contribution in [3.05, 3.63) is 42.2 Å². The number of ether oxygens (including phenoxy) is 2. The van der Waals surface area contributed by atoms with Crippen molar-refractivity contribution in [2.24, 2.45) is 0 Å². The summed E-state index contributed by atoms with van der Waals surface area (Å²) < 4.78 is 47.9. The van der Waals surface area contributed by atoms with Gasteiger partial charge in [-0.2, -0.15) is 5.10 Å². The van der Waals surface area contributed by atoms with Crippen LogP contribution >= 0.6 is 0 Å². The number of halogens is 3. The summed E-state index contributed by atoms with van der Waals surface area (Å²) in [6.07, 6.45) is 1.35. The summed E-state index contributed by atoms with van der Waals surface area (Å²) in [5, 5.41) is 4.40. The molecule has 3 heterocycles. The van der Waals surface area contributed by atoms with Crippen LogP contribution in [0.1, 0.15) is 24.3 Å². The van der Waals surface area contributed by atoms with Crippen molar-refractivity contribution in [3.8, 4) is 11.4 Å². The Hall–Kier alpha value is -2.10. The third kappa shape index (κ3) is 5.74. The summed E-state index contributed by atoms with van der Waals surface area (Å²) in [5.74, 6) is 0.231. The number of piperidine rings is 1. The third-order valence-corrected chi connectivity index (χ3v) is 5.83. The molecule has 0 saturated carbocycles. The standard InChI is InChI=1S/C21H27F3N4O2/c22-21(23,24)30-20-3-1-19(2-4-20)28-16-18(15-25-28)17-5-7-26(8-6-17)9-10-27-11-13-29-14-12-27/h1-4,15-17H,5-14H2. The largest absolute Gasteiger partial charge is 0.573 e. The summed E-state index contributed by atoms with van der Waals surface area (Å²) >= 11 is 0. The number of benzene rings is 1. The van der Waals surface area contributed by atoms with Gasteiger partial charge in [-0.05, 0) is 61.7 Å². The Morgan fingerprint density at radius 1 is 0.967 bits per heavy atom. The van der Waals surface area contributed by atoms with Crippen molar-refractivity contribution in [3.63, 3.8) is 0 Å². The highest BCUT2D eigenvalue weighted by molar-refractivity contribution is 5.37. The molecule has 2 aromatic rings. The molecule has 4 rings (SSSR count). The van der Waals surface area contributed by atoms with Gasteiger partial charge < -0.3 is 14.4 Å². The summed E-state index contributed by atoms with van der Waals surface area (Å²) in [4.78, 5) is 4.99. The lowest BCUT2D eigenvalue weighted by Crippen LogP contribution is -2.43. The average molecular weight is 424 g/mol. The summed E-state index contributed by atoms with van der Waals surface area (Å²) in [6.45, 7) is 8.07. The molecule has 2 aliphatic rings. The minimum absolute atomic E-state index is 0.233. The molecule has 2 saturated heterocycles. The molecule has 0 N–H and O–H groups in total. The molecule has 1 aromatic carbocycles.